The van der Waals surface area contributed by atoms with Crippen molar-refractivity contribution in [2.24, 2.45) is 7.05 Å². The highest BCUT2D eigenvalue weighted by atomic mass is 16.5. The largest absolute Gasteiger partial charge is 0.405 e. The summed E-state index contributed by atoms with van der Waals surface area (Å²) in [7, 11) is 1.79. The Morgan fingerprint density at radius 2 is 2.00 bits per heavy atom. The summed E-state index contributed by atoms with van der Waals surface area (Å²) < 4.78 is 12.6. The molecule has 21 heavy (non-hydrogen) atoms. The van der Waals surface area contributed by atoms with Gasteiger partial charge in [0.05, 0.1) is 18.9 Å². The van der Waals surface area contributed by atoms with Crippen LogP contribution in [0.25, 0.3) is 0 Å². The summed E-state index contributed by atoms with van der Waals surface area (Å²) in [5, 5.41) is 4.20. The Labute approximate surface area is 121 Å². The van der Waals surface area contributed by atoms with Gasteiger partial charge in [-0.1, -0.05) is 0 Å². The van der Waals surface area contributed by atoms with Gasteiger partial charge in [0.2, 0.25) is 17.8 Å². The van der Waals surface area contributed by atoms with Crippen LogP contribution in [0.5, 0.6) is 11.9 Å². The van der Waals surface area contributed by atoms with Gasteiger partial charge in [0, 0.05) is 26.2 Å². The van der Waals surface area contributed by atoms with E-state index in [0.717, 1.165) is 5.69 Å². The Balaban J connectivity index is 1.85. The van der Waals surface area contributed by atoms with Crippen LogP contribution in [0.15, 0.2) is 6.07 Å². The maximum Gasteiger partial charge on any atom is 0.329 e. The number of anilines is 2. The number of aryl methyl sites for hydroxylation is 2. The molecule has 0 saturated carbocycles. The van der Waals surface area contributed by atoms with Gasteiger partial charge >= 0.3 is 6.01 Å². The molecule has 0 radical (unpaired) electrons. The molecule has 9 heteroatoms. The molecule has 2 N–H and O–H groups in total. The summed E-state index contributed by atoms with van der Waals surface area (Å²) >= 11 is 0. The number of hydrogen-bond donors (Lipinski definition) is 1. The van der Waals surface area contributed by atoms with Crippen molar-refractivity contribution in [1.29, 1.82) is 0 Å². The number of nitrogen functional groups attached to an aromatic ring is 1. The summed E-state index contributed by atoms with van der Waals surface area (Å²) in [6.45, 7) is 4.60. The van der Waals surface area contributed by atoms with Gasteiger partial charge in [0.25, 0.3) is 0 Å². The molecule has 0 aromatic carbocycles. The molecular formula is C12H17N7O2. The average Bonchev–Trinajstić information content (AvgIpc) is 2.77. The Kier molecular flexibility index (Phi) is 3.57. The third-order valence-corrected chi connectivity index (χ3v) is 3.07. The van der Waals surface area contributed by atoms with Crippen molar-refractivity contribution in [3.63, 3.8) is 0 Å². The number of hydrogen-bond acceptors (Lipinski definition) is 8. The summed E-state index contributed by atoms with van der Waals surface area (Å²) in [6, 6.07) is 1.96. The first-order valence-corrected chi connectivity index (χ1v) is 6.64. The van der Waals surface area contributed by atoms with E-state index in [9.17, 15) is 0 Å². The van der Waals surface area contributed by atoms with Crippen LogP contribution in [-0.4, -0.2) is 51.0 Å². The van der Waals surface area contributed by atoms with Crippen LogP contribution in [0, 0.1) is 6.92 Å². The highest BCUT2D eigenvalue weighted by molar-refractivity contribution is 5.37. The molecule has 1 fully saturated rings. The number of nitrogens with two attached hydrogens (primary N) is 1. The summed E-state index contributed by atoms with van der Waals surface area (Å²) in [5.41, 5.74) is 6.59. The molecule has 0 atom stereocenters. The van der Waals surface area contributed by atoms with E-state index in [0.29, 0.717) is 38.1 Å². The lowest BCUT2D eigenvalue weighted by Gasteiger charge is -2.26. The number of morpholine rings is 1. The van der Waals surface area contributed by atoms with Gasteiger partial charge in [-0.15, -0.1) is 0 Å². The molecule has 2 aromatic rings. The van der Waals surface area contributed by atoms with Gasteiger partial charge in [-0.05, 0) is 6.92 Å². The van der Waals surface area contributed by atoms with Crippen molar-refractivity contribution in [3.05, 3.63) is 11.8 Å². The third kappa shape index (κ3) is 3.02. The minimum atomic E-state index is 0.125. The Morgan fingerprint density at radius 1 is 1.24 bits per heavy atom. The molecule has 1 aliphatic heterocycles. The van der Waals surface area contributed by atoms with Gasteiger partial charge in [-0.2, -0.15) is 20.1 Å². The van der Waals surface area contributed by atoms with Crippen LogP contribution in [0.4, 0.5) is 11.9 Å². The fourth-order valence-electron chi connectivity index (χ4n) is 2.09. The van der Waals surface area contributed by atoms with Crippen molar-refractivity contribution in [3.8, 4) is 11.9 Å². The molecule has 1 aliphatic rings. The van der Waals surface area contributed by atoms with E-state index in [2.05, 4.69) is 20.1 Å². The van der Waals surface area contributed by atoms with E-state index >= 15 is 0 Å². The number of nitrogens with zero attached hydrogens (tertiary/aromatic N) is 6. The normalized spacial score (nSPS) is 15.2. The highest BCUT2D eigenvalue weighted by Gasteiger charge is 2.17. The predicted molar refractivity (Wildman–Crippen MR) is 75.3 cm³/mol. The van der Waals surface area contributed by atoms with Crippen molar-refractivity contribution in [2.75, 3.05) is 36.9 Å². The van der Waals surface area contributed by atoms with Crippen LogP contribution in [-0.2, 0) is 11.8 Å². The zero-order valence-corrected chi connectivity index (χ0v) is 12.0. The maximum atomic E-state index is 5.74. The molecule has 112 valence electrons. The molecule has 0 unspecified atom stereocenters. The van der Waals surface area contributed by atoms with E-state index in [-0.39, 0.29) is 12.0 Å². The van der Waals surface area contributed by atoms with Gasteiger partial charge < -0.3 is 20.1 Å². The van der Waals surface area contributed by atoms with Crippen LogP contribution < -0.4 is 15.4 Å². The zero-order valence-electron chi connectivity index (χ0n) is 12.0. The van der Waals surface area contributed by atoms with E-state index in [1.165, 1.54) is 0 Å². The maximum absolute atomic E-state index is 5.74. The number of ether oxygens (including phenoxy) is 2. The standard InChI is InChI=1S/C12H17N7O2/c1-8-7-9(18(2)17-8)21-12-15-10(13)14-11(16-12)19-3-5-20-6-4-19/h7H,3-6H2,1-2H3,(H2,13,14,15,16). The molecule has 0 aliphatic carbocycles. The molecular weight excluding hydrogens is 274 g/mol. The summed E-state index contributed by atoms with van der Waals surface area (Å²) in [6.07, 6.45) is 0. The van der Waals surface area contributed by atoms with Crippen molar-refractivity contribution in [1.82, 2.24) is 24.7 Å². The van der Waals surface area contributed by atoms with E-state index < -0.39 is 0 Å². The molecule has 3 rings (SSSR count). The van der Waals surface area contributed by atoms with Crippen molar-refractivity contribution in [2.45, 2.75) is 6.92 Å². The lowest BCUT2D eigenvalue weighted by atomic mass is 10.4. The van der Waals surface area contributed by atoms with Crippen LogP contribution in [0.3, 0.4) is 0 Å². The second-order valence-corrected chi connectivity index (χ2v) is 4.73. The van der Waals surface area contributed by atoms with Gasteiger partial charge in [-0.25, -0.2) is 4.68 Å². The topological polar surface area (TPSA) is 104 Å². The molecule has 0 bridgehead atoms. The Morgan fingerprint density at radius 3 is 2.67 bits per heavy atom. The quantitative estimate of drug-likeness (QED) is 0.850. The molecule has 0 spiro atoms. The van der Waals surface area contributed by atoms with Crippen molar-refractivity contribution < 1.29 is 9.47 Å². The molecule has 1 saturated heterocycles. The fraction of sp³-hybridized carbons (Fsp3) is 0.500. The van der Waals surface area contributed by atoms with Gasteiger partial charge in [0.15, 0.2) is 0 Å². The first kappa shape index (κ1) is 13.6. The first-order chi connectivity index (χ1) is 10.1. The lowest BCUT2D eigenvalue weighted by Crippen LogP contribution is -2.37. The monoisotopic (exact) mass is 291 g/mol. The third-order valence-electron chi connectivity index (χ3n) is 3.07. The molecule has 0 amide bonds. The van der Waals surface area contributed by atoms with Crippen LogP contribution in [0.1, 0.15) is 5.69 Å². The number of aromatic nitrogens is 5. The molecule has 3 heterocycles. The second-order valence-electron chi connectivity index (χ2n) is 4.73. The predicted octanol–water partition coefficient (Wildman–Crippen LogP) is 0.125. The first-order valence-electron chi connectivity index (χ1n) is 6.64. The van der Waals surface area contributed by atoms with Gasteiger partial charge in [-0.3, -0.25) is 0 Å². The highest BCUT2D eigenvalue weighted by Crippen LogP contribution is 2.21. The summed E-state index contributed by atoms with van der Waals surface area (Å²) in [4.78, 5) is 14.5. The fourth-order valence-corrected chi connectivity index (χ4v) is 2.09. The Bertz CT molecular complexity index is 637. The average molecular weight is 291 g/mol. The minimum absolute atomic E-state index is 0.125. The minimum Gasteiger partial charge on any atom is -0.405 e. The summed E-state index contributed by atoms with van der Waals surface area (Å²) in [5.74, 6) is 1.17. The van der Waals surface area contributed by atoms with Gasteiger partial charge in [0.1, 0.15) is 0 Å². The van der Waals surface area contributed by atoms with Crippen LogP contribution >= 0.6 is 0 Å². The zero-order chi connectivity index (χ0) is 14.8. The smallest absolute Gasteiger partial charge is 0.329 e. The second kappa shape index (κ2) is 5.52. The number of rotatable bonds is 3. The van der Waals surface area contributed by atoms with E-state index in [4.69, 9.17) is 15.2 Å². The lowest BCUT2D eigenvalue weighted by molar-refractivity contribution is 0.122. The molecule has 9 nitrogen and oxygen atoms in total. The van der Waals surface area contributed by atoms with E-state index in [1.807, 2.05) is 11.8 Å². The SMILES string of the molecule is Cc1cc(Oc2nc(N)nc(N3CCOCC3)n2)n(C)n1. The van der Waals surface area contributed by atoms with Crippen LogP contribution in [0.2, 0.25) is 0 Å². The van der Waals surface area contributed by atoms with E-state index in [1.54, 1.807) is 17.8 Å². The Hall–Kier alpha value is -2.42. The van der Waals surface area contributed by atoms with Crippen molar-refractivity contribution >= 4 is 11.9 Å². The molecule has 2 aromatic heterocycles.